The first-order valence-corrected chi connectivity index (χ1v) is 16.9. The van der Waals surface area contributed by atoms with Crippen molar-refractivity contribution < 1.29 is 19.4 Å². The van der Waals surface area contributed by atoms with Crippen LogP contribution in [0.5, 0.6) is 0 Å². The normalized spacial score (nSPS) is 10.2. The number of carbonyl (C=O) groups excluding carboxylic acids is 1. The Morgan fingerprint density at radius 1 is 0.774 bits per heavy atom. The number of methoxy groups -OCH3 is 1. The second kappa shape index (κ2) is 19.1. The van der Waals surface area contributed by atoms with Crippen molar-refractivity contribution in [2.75, 3.05) is 26.9 Å². The Morgan fingerprint density at radius 2 is 1.21 bits per heavy atom. The standard InChI is InChI=1S/C15H22N2O2.C14H14N2O.C11H15NO2.C2H3N/c1-9-10(2)12(4)14(16-8-17(5)6)13(11(9)3)15(18)19-7;1-7-8(2)10(4)13-12(9(7)3)14(17)11(5-15)6-16-13;1-5-6(2)8(4)10(12)9(7(5)3)11(13)14;1-2-3/h8H,1-7H3;6H,1-4H3,(H,16,17);12H2,1-4H3,(H,13,14);1H3. The van der Waals surface area contributed by atoms with Crippen LogP contribution in [-0.2, 0) is 4.74 Å². The van der Waals surface area contributed by atoms with Crippen LogP contribution in [0.4, 0.5) is 11.4 Å². The zero-order valence-electron chi connectivity index (χ0n) is 34.1. The number of nitrogens with two attached hydrogens (primary N) is 1. The second-order valence-electron chi connectivity index (χ2n) is 13.1. The number of rotatable bonds is 4. The molecule has 4 rings (SSSR count). The van der Waals surface area contributed by atoms with Gasteiger partial charge in [-0.15, -0.1) is 0 Å². The van der Waals surface area contributed by atoms with Gasteiger partial charge in [-0.2, -0.15) is 10.5 Å². The van der Waals surface area contributed by atoms with Crippen LogP contribution in [0.1, 0.15) is 100.0 Å². The minimum Gasteiger partial charge on any atom is -0.478 e. The van der Waals surface area contributed by atoms with Crippen molar-refractivity contribution in [1.82, 2.24) is 9.88 Å². The topological polar surface area (TPSA) is 186 Å². The molecule has 3 aromatic carbocycles. The average Bonchev–Trinajstić information content (AvgIpc) is 3.11. The number of carboxylic acids is 1. The molecule has 0 unspecified atom stereocenters. The summed E-state index contributed by atoms with van der Waals surface area (Å²) in [4.78, 5) is 44.5. The van der Waals surface area contributed by atoms with Gasteiger partial charge in [0.05, 0.1) is 47.2 Å². The van der Waals surface area contributed by atoms with Gasteiger partial charge in [-0.3, -0.25) is 4.79 Å². The smallest absolute Gasteiger partial charge is 0.340 e. The maximum absolute atomic E-state index is 12.2. The number of ether oxygens (including phenoxy) is 1. The van der Waals surface area contributed by atoms with E-state index in [0.717, 1.165) is 66.7 Å². The molecule has 0 saturated heterocycles. The number of carbonyl (C=O) groups is 2. The number of aromatic nitrogens is 1. The number of H-pyrrole nitrogens is 1. The van der Waals surface area contributed by atoms with E-state index in [-0.39, 0.29) is 22.5 Å². The summed E-state index contributed by atoms with van der Waals surface area (Å²) in [5.74, 6) is -1.29. The van der Waals surface area contributed by atoms with Crippen LogP contribution in [0.2, 0.25) is 0 Å². The molecule has 4 aromatic rings. The molecule has 11 nitrogen and oxygen atoms in total. The quantitative estimate of drug-likeness (QED) is 0.0806. The lowest BCUT2D eigenvalue weighted by atomic mass is 9.92. The number of fused-ring (bicyclic) bond motifs is 1. The van der Waals surface area contributed by atoms with Crippen LogP contribution in [-0.4, -0.2) is 54.5 Å². The number of aromatic carboxylic acids is 1. The van der Waals surface area contributed by atoms with Crippen molar-refractivity contribution in [3.05, 3.63) is 99.9 Å². The maximum atomic E-state index is 12.2. The van der Waals surface area contributed by atoms with Gasteiger partial charge in [0, 0.05) is 32.9 Å². The van der Waals surface area contributed by atoms with Gasteiger partial charge < -0.3 is 25.5 Å². The lowest BCUT2D eigenvalue weighted by molar-refractivity contribution is 0.0599. The molecule has 0 bridgehead atoms. The minimum atomic E-state index is -0.953. The number of pyridine rings is 1. The summed E-state index contributed by atoms with van der Waals surface area (Å²) in [6.45, 7) is 24.9. The number of anilines is 1. The first kappa shape index (κ1) is 45.1. The maximum Gasteiger partial charge on any atom is 0.340 e. The molecule has 0 atom stereocenters. The van der Waals surface area contributed by atoms with Gasteiger partial charge >= 0.3 is 11.9 Å². The van der Waals surface area contributed by atoms with Crippen molar-refractivity contribution in [1.29, 1.82) is 10.5 Å². The summed E-state index contributed by atoms with van der Waals surface area (Å²) in [5, 5.41) is 25.9. The fraction of sp³-hybridized carbons (Fsp3) is 0.381. The summed E-state index contributed by atoms with van der Waals surface area (Å²) in [7, 11) is 5.18. The number of esters is 1. The van der Waals surface area contributed by atoms with E-state index in [4.69, 9.17) is 26.1 Å². The van der Waals surface area contributed by atoms with E-state index in [2.05, 4.69) is 9.98 Å². The number of aliphatic imine (C=N–C) groups is 1. The third kappa shape index (κ3) is 9.69. The Balaban J connectivity index is 0.000000386. The van der Waals surface area contributed by atoms with Crippen molar-refractivity contribution >= 4 is 40.6 Å². The number of nitrogens with one attached hydrogen (secondary N) is 1. The lowest BCUT2D eigenvalue weighted by Crippen LogP contribution is -2.11. The number of hydrogen-bond donors (Lipinski definition) is 3. The first-order chi connectivity index (χ1) is 24.6. The van der Waals surface area contributed by atoms with Crippen LogP contribution in [0.25, 0.3) is 10.9 Å². The van der Waals surface area contributed by atoms with Gasteiger partial charge in [-0.05, 0) is 150 Å². The average molecular weight is 723 g/mol. The molecule has 0 aliphatic heterocycles. The second-order valence-corrected chi connectivity index (χ2v) is 13.1. The number of hydrogen-bond acceptors (Lipinski definition) is 8. The van der Waals surface area contributed by atoms with Crippen LogP contribution < -0.4 is 11.2 Å². The van der Waals surface area contributed by atoms with Gasteiger partial charge in [0.2, 0.25) is 5.43 Å². The number of aromatic amines is 1. The predicted octanol–water partition coefficient (Wildman–Crippen LogP) is 8.29. The first-order valence-electron chi connectivity index (χ1n) is 16.9. The molecule has 0 spiro atoms. The Hall–Kier alpha value is -5.94. The monoisotopic (exact) mass is 722 g/mol. The third-order valence-electron chi connectivity index (χ3n) is 10.1. The molecule has 1 aromatic heterocycles. The van der Waals surface area contributed by atoms with Crippen LogP contribution in [0.3, 0.4) is 0 Å². The molecule has 0 fully saturated rings. The Labute approximate surface area is 313 Å². The summed E-state index contributed by atoms with van der Waals surface area (Å²) in [6, 6.07) is 3.67. The fourth-order valence-corrected chi connectivity index (χ4v) is 5.80. The molecule has 1 heterocycles. The van der Waals surface area contributed by atoms with E-state index in [1.54, 1.807) is 19.3 Å². The number of nitrogen functional groups attached to an aromatic ring is 1. The van der Waals surface area contributed by atoms with Gasteiger partial charge in [0.15, 0.2) is 0 Å². The van der Waals surface area contributed by atoms with Crippen molar-refractivity contribution in [3.63, 3.8) is 0 Å². The summed E-state index contributed by atoms with van der Waals surface area (Å²) in [6.07, 6.45) is 3.19. The highest BCUT2D eigenvalue weighted by Gasteiger charge is 2.21. The minimum absolute atomic E-state index is 0.170. The van der Waals surface area contributed by atoms with E-state index in [1.807, 2.05) is 101 Å². The molecule has 11 heteroatoms. The largest absolute Gasteiger partial charge is 0.478 e. The molecule has 0 aliphatic carbocycles. The van der Waals surface area contributed by atoms with Gasteiger partial charge in [0.25, 0.3) is 0 Å². The highest BCUT2D eigenvalue weighted by molar-refractivity contribution is 5.99. The Bertz CT molecular complexity index is 2200. The zero-order valence-corrected chi connectivity index (χ0v) is 34.1. The lowest BCUT2D eigenvalue weighted by Gasteiger charge is -2.17. The molecule has 4 N–H and O–H groups in total. The Kier molecular flexibility index (Phi) is 16.2. The summed E-state index contributed by atoms with van der Waals surface area (Å²) >= 11 is 0. The molecule has 0 amide bonds. The van der Waals surface area contributed by atoms with Gasteiger partial charge in [0.1, 0.15) is 11.6 Å². The predicted molar refractivity (Wildman–Crippen MR) is 215 cm³/mol. The fourth-order valence-electron chi connectivity index (χ4n) is 5.80. The molecular weight excluding hydrogens is 668 g/mol. The molecule has 53 heavy (non-hydrogen) atoms. The highest BCUT2D eigenvalue weighted by atomic mass is 16.5. The molecule has 0 aliphatic rings. The SMILES string of the molecule is CC#N.COC(=O)c1c(C)c(C)c(C)c(C)c1N=CN(C)C.Cc1c(C)c(C)c(C(=O)O)c(N)c1C.Cc1c(C)c(C)c2c(=O)c(C#N)c[nH]c2c1C. The molecule has 0 saturated carbocycles. The van der Waals surface area contributed by atoms with Crippen LogP contribution >= 0.6 is 0 Å². The molecule has 0 radical (unpaired) electrons. The van der Waals surface area contributed by atoms with Crippen LogP contribution in [0.15, 0.2) is 16.0 Å². The highest BCUT2D eigenvalue weighted by Crippen LogP contribution is 2.33. The van der Waals surface area contributed by atoms with E-state index in [1.165, 1.54) is 25.8 Å². The van der Waals surface area contributed by atoms with Gasteiger partial charge in [-0.25, -0.2) is 14.6 Å². The summed E-state index contributed by atoms with van der Waals surface area (Å²) < 4.78 is 4.89. The number of carboxylic acid groups (broad SMARTS) is 1. The molecule has 282 valence electrons. The summed E-state index contributed by atoms with van der Waals surface area (Å²) in [5.41, 5.74) is 20.8. The van der Waals surface area contributed by atoms with Crippen molar-refractivity contribution in [2.24, 2.45) is 4.99 Å². The van der Waals surface area contributed by atoms with E-state index < -0.39 is 5.97 Å². The van der Waals surface area contributed by atoms with E-state index >= 15 is 0 Å². The van der Waals surface area contributed by atoms with Crippen molar-refractivity contribution in [3.8, 4) is 12.1 Å². The molecular formula is C42H54N6O5. The number of nitriles is 2. The van der Waals surface area contributed by atoms with Crippen molar-refractivity contribution in [2.45, 2.75) is 90.0 Å². The number of aryl methyl sites for hydroxylation is 2. The number of benzene rings is 3. The Morgan fingerprint density at radius 3 is 1.66 bits per heavy atom. The van der Waals surface area contributed by atoms with E-state index in [0.29, 0.717) is 22.3 Å². The van der Waals surface area contributed by atoms with Crippen LogP contribution in [0, 0.1) is 106 Å². The zero-order chi connectivity index (χ0) is 41.2. The number of nitrogens with zero attached hydrogens (tertiary/aromatic N) is 4. The third-order valence-corrected chi connectivity index (χ3v) is 10.1. The van der Waals surface area contributed by atoms with Gasteiger partial charge in [-0.1, -0.05) is 0 Å². The van der Waals surface area contributed by atoms with E-state index in [9.17, 15) is 14.4 Å².